The van der Waals surface area contributed by atoms with Gasteiger partial charge in [0.2, 0.25) is 0 Å². The van der Waals surface area contributed by atoms with Gasteiger partial charge in [-0.05, 0) is 37.0 Å². The number of hydrogen-bond acceptors (Lipinski definition) is 2. The fourth-order valence-corrected chi connectivity index (χ4v) is 2.71. The van der Waals surface area contributed by atoms with E-state index in [1.54, 1.807) is 0 Å². The summed E-state index contributed by atoms with van der Waals surface area (Å²) in [6, 6.07) is 10.4. The minimum Gasteiger partial charge on any atom is -0.299 e. The van der Waals surface area contributed by atoms with Gasteiger partial charge < -0.3 is 0 Å². The van der Waals surface area contributed by atoms with Gasteiger partial charge in [0, 0.05) is 11.6 Å². The highest BCUT2D eigenvalue weighted by Crippen LogP contribution is 2.27. The lowest BCUT2D eigenvalue weighted by Crippen LogP contribution is -2.46. The number of rotatable bonds is 4. The van der Waals surface area contributed by atoms with Crippen LogP contribution in [-0.4, -0.2) is 12.1 Å². The topological polar surface area (TPSA) is 35.8 Å². The van der Waals surface area contributed by atoms with E-state index in [2.05, 4.69) is 11.4 Å². The predicted molar refractivity (Wildman–Crippen MR) is 74.6 cm³/mol. The first-order valence-electron chi connectivity index (χ1n) is 6.65. The Balaban J connectivity index is 1.84. The van der Waals surface area contributed by atoms with Crippen LogP contribution in [0.15, 0.2) is 24.3 Å². The van der Waals surface area contributed by atoms with Crippen LogP contribution in [0.4, 0.5) is 0 Å². The Labute approximate surface area is 114 Å². The van der Waals surface area contributed by atoms with Crippen LogP contribution in [0.25, 0.3) is 0 Å². The summed E-state index contributed by atoms with van der Waals surface area (Å²) in [6.07, 6.45) is 6.53. The molecule has 0 radical (unpaired) electrons. The number of halogens is 1. The number of benzene rings is 1. The van der Waals surface area contributed by atoms with Crippen LogP contribution in [0.2, 0.25) is 5.02 Å². The molecule has 0 bridgehead atoms. The van der Waals surface area contributed by atoms with Crippen molar-refractivity contribution >= 4 is 11.6 Å². The first-order chi connectivity index (χ1) is 8.74. The van der Waals surface area contributed by atoms with Crippen LogP contribution < -0.4 is 5.32 Å². The molecule has 0 spiro atoms. The molecule has 0 aliphatic heterocycles. The summed E-state index contributed by atoms with van der Waals surface area (Å²) in [6.45, 7) is 0.856. The van der Waals surface area contributed by atoms with Crippen molar-refractivity contribution in [1.82, 2.24) is 5.32 Å². The van der Waals surface area contributed by atoms with Gasteiger partial charge in [-0.2, -0.15) is 5.26 Å². The fraction of sp³-hybridized carbons (Fsp3) is 0.533. The second kappa shape index (κ2) is 6.22. The molecule has 96 valence electrons. The van der Waals surface area contributed by atoms with E-state index in [1.807, 2.05) is 24.3 Å². The number of nitrogens with zero attached hydrogens (tertiary/aromatic N) is 1. The van der Waals surface area contributed by atoms with Crippen molar-refractivity contribution in [2.24, 2.45) is 0 Å². The van der Waals surface area contributed by atoms with Crippen LogP contribution >= 0.6 is 11.6 Å². The Bertz CT molecular complexity index is 413. The Kier molecular flexibility index (Phi) is 4.63. The van der Waals surface area contributed by atoms with E-state index >= 15 is 0 Å². The predicted octanol–water partition coefficient (Wildman–Crippen LogP) is 3.70. The summed E-state index contributed by atoms with van der Waals surface area (Å²) < 4.78 is 0. The first-order valence-corrected chi connectivity index (χ1v) is 7.03. The van der Waals surface area contributed by atoms with E-state index in [-0.39, 0.29) is 5.54 Å². The Hall–Kier alpha value is -1.04. The number of nitrogens with one attached hydrogen (secondary N) is 1. The molecule has 1 aromatic carbocycles. The Morgan fingerprint density at radius 3 is 2.44 bits per heavy atom. The summed E-state index contributed by atoms with van der Waals surface area (Å²) in [5, 5.41) is 13.6. The summed E-state index contributed by atoms with van der Waals surface area (Å²) in [4.78, 5) is 0. The molecule has 1 fully saturated rings. The van der Waals surface area contributed by atoms with Crippen molar-refractivity contribution in [1.29, 1.82) is 5.26 Å². The summed E-state index contributed by atoms with van der Waals surface area (Å²) in [7, 11) is 0. The van der Waals surface area contributed by atoms with E-state index in [0.29, 0.717) is 0 Å². The monoisotopic (exact) mass is 262 g/mol. The molecule has 2 rings (SSSR count). The molecule has 0 saturated heterocycles. The van der Waals surface area contributed by atoms with E-state index in [0.717, 1.165) is 30.8 Å². The van der Waals surface area contributed by atoms with E-state index in [4.69, 9.17) is 11.6 Å². The van der Waals surface area contributed by atoms with Gasteiger partial charge in [-0.15, -0.1) is 0 Å². The second-order valence-electron chi connectivity index (χ2n) is 5.06. The lowest BCUT2D eigenvalue weighted by atomic mass is 9.83. The molecule has 3 heteroatoms. The minimum absolute atomic E-state index is 0.273. The molecule has 0 heterocycles. The quantitative estimate of drug-likeness (QED) is 0.898. The van der Waals surface area contributed by atoms with Crippen LogP contribution in [-0.2, 0) is 6.42 Å². The molecule has 2 nitrogen and oxygen atoms in total. The molecule has 18 heavy (non-hydrogen) atoms. The maximum Gasteiger partial charge on any atom is 0.106 e. The maximum atomic E-state index is 9.35. The highest BCUT2D eigenvalue weighted by atomic mass is 35.5. The molecule has 0 aromatic heterocycles. The molecule has 0 amide bonds. The first kappa shape index (κ1) is 13.4. The van der Waals surface area contributed by atoms with E-state index in [1.165, 1.54) is 24.8 Å². The third-order valence-electron chi connectivity index (χ3n) is 3.71. The standard InChI is InChI=1S/C15H19ClN2/c16-14-6-4-13(5-7-14)8-11-18-15(12-17)9-2-1-3-10-15/h4-7,18H,1-3,8-11H2. The van der Waals surface area contributed by atoms with Crippen molar-refractivity contribution in [2.45, 2.75) is 44.1 Å². The molecule has 1 aliphatic carbocycles. The molecule has 1 aromatic rings. The number of nitriles is 1. The largest absolute Gasteiger partial charge is 0.299 e. The number of hydrogen-bond donors (Lipinski definition) is 1. The van der Waals surface area contributed by atoms with Crippen LogP contribution in [0.3, 0.4) is 0 Å². The third kappa shape index (κ3) is 3.48. The van der Waals surface area contributed by atoms with Gasteiger partial charge in [-0.1, -0.05) is 43.0 Å². The van der Waals surface area contributed by atoms with Crippen molar-refractivity contribution in [3.63, 3.8) is 0 Å². The highest BCUT2D eigenvalue weighted by molar-refractivity contribution is 6.30. The van der Waals surface area contributed by atoms with Crippen molar-refractivity contribution in [2.75, 3.05) is 6.54 Å². The fourth-order valence-electron chi connectivity index (χ4n) is 2.58. The molecule has 1 saturated carbocycles. The zero-order chi connectivity index (χ0) is 12.8. The normalized spacial score (nSPS) is 18.2. The van der Waals surface area contributed by atoms with Gasteiger partial charge in [0.25, 0.3) is 0 Å². The lowest BCUT2D eigenvalue weighted by molar-refractivity contribution is 0.299. The zero-order valence-electron chi connectivity index (χ0n) is 10.6. The van der Waals surface area contributed by atoms with E-state index in [9.17, 15) is 5.26 Å². The van der Waals surface area contributed by atoms with Gasteiger partial charge in [-0.3, -0.25) is 5.32 Å². The van der Waals surface area contributed by atoms with Gasteiger partial charge in [-0.25, -0.2) is 0 Å². The average Bonchev–Trinajstić information content (AvgIpc) is 2.42. The maximum absolute atomic E-state index is 9.35. The molecular weight excluding hydrogens is 244 g/mol. The SMILES string of the molecule is N#CC1(NCCc2ccc(Cl)cc2)CCCCC1. The third-order valence-corrected chi connectivity index (χ3v) is 3.96. The lowest BCUT2D eigenvalue weighted by Gasteiger charge is -2.31. The van der Waals surface area contributed by atoms with Gasteiger partial charge in [0.15, 0.2) is 0 Å². The highest BCUT2D eigenvalue weighted by Gasteiger charge is 2.30. The molecule has 0 atom stereocenters. The average molecular weight is 263 g/mol. The summed E-state index contributed by atoms with van der Waals surface area (Å²) in [5.41, 5.74) is 0.987. The second-order valence-corrected chi connectivity index (χ2v) is 5.49. The van der Waals surface area contributed by atoms with Crippen LogP contribution in [0, 0.1) is 11.3 Å². The molecule has 0 unspecified atom stereocenters. The smallest absolute Gasteiger partial charge is 0.106 e. The molecule has 1 aliphatic rings. The van der Waals surface area contributed by atoms with Crippen molar-refractivity contribution in [3.8, 4) is 6.07 Å². The minimum atomic E-state index is -0.273. The van der Waals surface area contributed by atoms with Crippen molar-refractivity contribution in [3.05, 3.63) is 34.9 Å². The van der Waals surface area contributed by atoms with Gasteiger partial charge in [0.05, 0.1) is 6.07 Å². The Morgan fingerprint density at radius 2 is 1.83 bits per heavy atom. The Morgan fingerprint density at radius 1 is 1.17 bits per heavy atom. The molecule has 1 N–H and O–H groups in total. The zero-order valence-corrected chi connectivity index (χ0v) is 11.3. The van der Waals surface area contributed by atoms with E-state index < -0.39 is 0 Å². The molecular formula is C15H19ClN2. The summed E-state index contributed by atoms with van der Waals surface area (Å²) in [5.74, 6) is 0. The van der Waals surface area contributed by atoms with Crippen LogP contribution in [0.1, 0.15) is 37.7 Å². The van der Waals surface area contributed by atoms with Gasteiger partial charge >= 0.3 is 0 Å². The van der Waals surface area contributed by atoms with Gasteiger partial charge in [0.1, 0.15) is 5.54 Å². The van der Waals surface area contributed by atoms with Crippen LogP contribution in [0.5, 0.6) is 0 Å². The van der Waals surface area contributed by atoms with Crippen molar-refractivity contribution < 1.29 is 0 Å². The summed E-state index contributed by atoms with van der Waals surface area (Å²) >= 11 is 5.85.